The van der Waals surface area contributed by atoms with Gasteiger partial charge in [-0.25, -0.2) is 12.7 Å². The summed E-state index contributed by atoms with van der Waals surface area (Å²) in [5.41, 5.74) is 0. The molecule has 23 heavy (non-hydrogen) atoms. The summed E-state index contributed by atoms with van der Waals surface area (Å²) >= 11 is 0. The van der Waals surface area contributed by atoms with Gasteiger partial charge in [-0.3, -0.25) is 4.99 Å². The van der Waals surface area contributed by atoms with Gasteiger partial charge in [-0.05, 0) is 19.8 Å². The van der Waals surface area contributed by atoms with Gasteiger partial charge in [-0.2, -0.15) is 0 Å². The first-order valence-electron chi connectivity index (χ1n) is 8.01. The Morgan fingerprint density at radius 1 is 1.26 bits per heavy atom. The number of hydrogen-bond acceptors (Lipinski definition) is 3. The van der Waals surface area contributed by atoms with Gasteiger partial charge in [-0.1, -0.05) is 19.9 Å². The number of hydrogen-bond donors (Lipinski definition) is 1. The molecule has 6 nitrogen and oxygen atoms in total. The number of nitrogens with zero attached hydrogens (tertiary/aromatic N) is 3. The first-order valence-corrected chi connectivity index (χ1v) is 9.61. The number of rotatable bonds is 11. The number of nitrogens with one attached hydrogen (secondary N) is 1. The topological polar surface area (TPSA) is 65.0 Å². The van der Waals surface area contributed by atoms with E-state index in [1.165, 1.54) is 4.31 Å². The lowest BCUT2D eigenvalue weighted by Gasteiger charge is -2.22. The lowest BCUT2D eigenvalue weighted by Crippen LogP contribution is -2.40. The Morgan fingerprint density at radius 3 is 2.35 bits per heavy atom. The summed E-state index contributed by atoms with van der Waals surface area (Å²) < 4.78 is 25.7. The van der Waals surface area contributed by atoms with Crippen molar-refractivity contribution < 1.29 is 8.42 Å². The molecule has 0 heterocycles. The molecule has 0 saturated heterocycles. The molecule has 0 aliphatic rings. The van der Waals surface area contributed by atoms with Gasteiger partial charge in [0, 0.05) is 33.2 Å². The van der Waals surface area contributed by atoms with E-state index in [0.29, 0.717) is 13.1 Å². The van der Waals surface area contributed by atoms with E-state index in [1.54, 1.807) is 0 Å². The van der Waals surface area contributed by atoms with Crippen molar-refractivity contribution in [1.82, 2.24) is 14.5 Å². The van der Waals surface area contributed by atoms with Crippen LogP contribution in [-0.2, 0) is 10.0 Å². The third-order valence-corrected chi connectivity index (χ3v) is 5.31. The molecule has 0 rings (SSSR count). The lowest BCUT2D eigenvalue weighted by atomic mass is 10.3. The highest BCUT2D eigenvalue weighted by atomic mass is 127. The van der Waals surface area contributed by atoms with Crippen molar-refractivity contribution in [3.63, 3.8) is 0 Å². The van der Waals surface area contributed by atoms with Crippen LogP contribution in [0.5, 0.6) is 0 Å². The third kappa shape index (κ3) is 10.2. The molecule has 0 unspecified atom stereocenters. The monoisotopic (exact) mass is 460 g/mol. The Labute approximate surface area is 159 Å². The molecular formula is C15H33IN4O2S. The fourth-order valence-corrected chi connectivity index (χ4v) is 3.43. The Morgan fingerprint density at radius 2 is 1.87 bits per heavy atom. The van der Waals surface area contributed by atoms with E-state index in [0.717, 1.165) is 31.9 Å². The molecule has 0 aliphatic carbocycles. The second kappa shape index (κ2) is 14.0. The van der Waals surface area contributed by atoms with Crippen LogP contribution in [0.3, 0.4) is 0 Å². The highest BCUT2D eigenvalue weighted by molar-refractivity contribution is 14.0. The van der Waals surface area contributed by atoms with E-state index in [2.05, 4.69) is 16.9 Å². The Bertz CT molecular complexity index is 437. The zero-order valence-electron chi connectivity index (χ0n) is 14.9. The highest BCUT2D eigenvalue weighted by Gasteiger charge is 2.18. The minimum Gasteiger partial charge on any atom is -0.357 e. The summed E-state index contributed by atoms with van der Waals surface area (Å²) in [6.07, 6.45) is 3.86. The number of allylic oxidation sites excluding steroid dienone is 1. The first kappa shape index (κ1) is 24.9. The van der Waals surface area contributed by atoms with Crippen LogP contribution < -0.4 is 5.32 Å². The number of halogens is 1. The van der Waals surface area contributed by atoms with Crippen LogP contribution in [0.4, 0.5) is 0 Å². The summed E-state index contributed by atoms with van der Waals surface area (Å²) in [7, 11) is -1.25. The molecule has 138 valence electrons. The van der Waals surface area contributed by atoms with Crippen LogP contribution in [0.2, 0.25) is 0 Å². The summed E-state index contributed by atoms with van der Waals surface area (Å²) in [4.78, 5) is 6.45. The first-order chi connectivity index (χ1) is 10.4. The smallest absolute Gasteiger partial charge is 0.215 e. The normalized spacial score (nSPS) is 12.0. The van der Waals surface area contributed by atoms with Gasteiger partial charge in [0.1, 0.15) is 0 Å². The Kier molecular flexibility index (Phi) is 15.2. The molecule has 0 aromatic heterocycles. The van der Waals surface area contributed by atoms with Gasteiger partial charge >= 0.3 is 0 Å². The summed E-state index contributed by atoms with van der Waals surface area (Å²) in [6.45, 7) is 12.3. The number of guanidine groups is 1. The predicted octanol–water partition coefficient (Wildman–Crippen LogP) is 2.14. The largest absolute Gasteiger partial charge is 0.357 e. The van der Waals surface area contributed by atoms with Crippen LogP contribution in [0.15, 0.2) is 17.6 Å². The molecular weight excluding hydrogens is 427 g/mol. The summed E-state index contributed by atoms with van der Waals surface area (Å²) in [6, 6.07) is 0. The van der Waals surface area contributed by atoms with Crippen LogP contribution >= 0.6 is 24.0 Å². The van der Waals surface area contributed by atoms with Crippen molar-refractivity contribution in [3.05, 3.63) is 12.7 Å². The van der Waals surface area contributed by atoms with Gasteiger partial charge < -0.3 is 10.2 Å². The van der Waals surface area contributed by atoms with Crippen LogP contribution in [-0.4, -0.2) is 69.1 Å². The van der Waals surface area contributed by atoms with E-state index in [9.17, 15) is 8.42 Å². The van der Waals surface area contributed by atoms with E-state index >= 15 is 0 Å². The van der Waals surface area contributed by atoms with Crippen molar-refractivity contribution >= 4 is 40.0 Å². The van der Waals surface area contributed by atoms with Crippen LogP contribution in [0.25, 0.3) is 0 Å². The molecule has 0 fully saturated rings. The molecule has 0 saturated carbocycles. The summed E-state index contributed by atoms with van der Waals surface area (Å²) in [5, 5.41) is 3.19. The predicted molar refractivity (Wildman–Crippen MR) is 110 cm³/mol. The van der Waals surface area contributed by atoms with E-state index < -0.39 is 10.0 Å². The highest BCUT2D eigenvalue weighted by Crippen LogP contribution is 2.01. The zero-order chi connectivity index (χ0) is 17.0. The van der Waals surface area contributed by atoms with Gasteiger partial charge in [-0.15, -0.1) is 30.6 Å². The minimum atomic E-state index is -3.21. The van der Waals surface area contributed by atoms with Crippen LogP contribution in [0.1, 0.15) is 33.6 Å². The maximum atomic E-state index is 12.1. The van der Waals surface area contributed by atoms with Gasteiger partial charge in [0.15, 0.2) is 5.96 Å². The van der Waals surface area contributed by atoms with Gasteiger partial charge in [0.05, 0.1) is 12.3 Å². The average molecular weight is 460 g/mol. The van der Waals surface area contributed by atoms with Crippen molar-refractivity contribution in [3.8, 4) is 0 Å². The molecule has 1 N–H and O–H groups in total. The number of sulfonamides is 1. The minimum absolute atomic E-state index is 0. The van der Waals surface area contributed by atoms with Crippen molar-refractivity contribution in [2.24, 2.45) is 4.99 Å². The SMILES string of the molecule is C=CCCCN(C)C(=NCCS(=O)(=O)N(CC)CC)NCC.I. The summed E-state index contributed by atoms with van der Waals surface area (Å²) in [5.74, 6) is 0.797. The molecule has 0 aromatic rings. The average Bonchev–Trinajstić information content (AvgIpc) is 2.47. The standard InChI is InChI=1S/C15H32N4O2S.HI/c1-6-10-11-13-18(5)15(16-7-2)17-12-14-22(20,21)19(8-3)9-4;/h6H,1,7-14H2,2-5H3,(H,16,17);1H. The fourth-order valence-electron chi connectivity index (χ4n) is 2.06. The number of aliphatic imine (C=N–C) groups is 1. The van der Waals surface area contributed by atoms with Crippen LogP contribution in [0, 0.1) is 0 Å². The Balaban J connectivity index is 0. The lowest BCUT2D eigenvalue weighted by molar-refractivity contribution is 0.445. The zero-order valence-corrected chi connectivity index (χ0v) is 18.1. The molecule has 0 radical (unpaired) electrons. The quantitative estimate of drug-likeness (QED) is 0.169. The molecule has 0 spiro atoms. The fraction of sp³-hybridized carbons (Fsp3) is 0.800. The van der Waals surface area contributed by atoms with E-state index in [4.69, 9.17) is 0 Å². The molecule has 0 atom stereocenters. The molecule has 0 bridgehead atoms. The third-order valence-electron chi connectivity index (χ3n) is 3.31. The van der Waals surface area contributed by atoms with Gasteiger partial charge in [0.25, 0.3) is 0 Å². The second-order valence-corrected chi connectivity index (χ2v) is 7.08. The Hall–Kier alpha value is -0.350. The van der Waals surface area contributed by atoms with Crippen molar-refractivity contribution in [2.75, 3.05) is 45.5 Å². The van der Waals surface area contributed by atoms with E-state index in [-0.39, 0.29) is 36.3 Å². The molecule has 0 aliphatic heterocycles. The van der Waals surface area contributed by atoms with Gasteiger partial charge in [0.2, 0.25) is 10.0 Å². The molecule has 0 aromatic carbocycles. The van der Waals surface area contributed by atoms with Crippen molar-refractivity contribution in [2.45, 2.75) is 33.6 Å². The maximum absolute atomic E-state index is 12.1. The maximum Gasteiger partial charge on any atom is 0.215 e. The molecule has 0 amide bonds. The molecule has 8 heteroatoms. The van der Waals surface area contributed by atoms with E-state index in [1.807, 2.05) is 38.8 Å². The number of unbranched alkanes of at least 4 members (excludes halogenated alkanes) is 1. The second-order valence-electron chi connectivity index (χ2n) is 4.99. The van der Waals surface area contributed by atoms with Crippen molar-refractivity contribution in [1.29, 1.82) is 0 Å².